The van der Waals surface area contributed by atoms with Crippen molar-refractivity contribution in [1.29, 1.82) is 0 Å². The molecule has 52 valence electrons. The molecule has 0 unspecified atom stereocenters. The van der Waals surface area contributed by atoms with Gasteiger partial charge >= 0.3 is 0 Å². The van der Waals surface area contributed by atoms with Crippen LogP contribution in [0, 0.1) is 0 Å². The van der Waals surface area contributed by atoms with Gasteiger partial charge in [-0.1, -0.05) is 25.3 Å². The summed E-state index contributed by atoms with van der Waals surface area (Å²) in [6.45, 7) is 11.8. The van der Waals surface area contributed by atoms with Gasteiger partial charge in [0.25, 0.3) is 0 Å². The van der Waals surface area contributed by atoms with Crippen molar-refractivity contribution in [3.63, 3.8) is 0 Å². The number of rotatable bonds is 4. The Morgan fingerprint density at radius 3 is 2.00 bits per heavy atom. The summed E-state index contributed by atoms with van der Waals surface area (Å²) < 4.78 is 5.29. The lowest BCUT2D eigenvalue weighted by molar-refractivity contribution is 0.0515. The summed E-state index contributed by atoms with van der Waals surface area (Å²) in [6.07, 6.45) is 3.48. The molecule has 1 heteroatoms. The SMILES string of the molecule is C=CC(C)(C=C)OCC. The molecule has 0 saturated carbocycles. The van der Waals surface area contributed by atoms with Crippen LogP contribution >= 0.6 is 0 Å². The Bertz CT molecular complexity index is 97.1. The molecule has 0 aromatic carbocycles. The van der Waals surface area contributed by atoms with Gasteiger partial charge in [-0.2, -0.15) is 0 Å². The standard InChI is InChI=1S/C8H14O/c1-5-8(4,6-2)9-7-3/h5-6H,1-2,7H2,3-4H3. The summed E-state index contributed by atoms with van der Waals surface area (Å²) in [5.74, 6) is 0. The van der Waals surface area contributed by atoms with Crippen molar-refractivity contribution in [3.05, 3.63) is 25.3 Å². The van der Waals surface area contributed by atoms with Crippen LogP contribution in [-0.4, -0.2) is 12.2 Å². The summed E-state index contributed by atoms with van der Waals surface area (Å²) in [7, 11) is 0. The molecule has 0 aromatic heterocycles. The molecule has 0 bridgehead atoms. The van der Waals surface area contributed by atoms with Crippen molar-refractivity contribution in [3.8, 4) is 0 Å². The zero-order valence-corrected chi connectivity index (χ0v) is 6.18. The van der Waals surface area contributed by atoms with Crippen molar-refractivity contribution < 1.29 is 4.74 Å². The number of hydrogen-bond acceptors (Lipinski definition) is 1. The van der Waals surface area contributed by atoms with Crippen LogP contribution in [0.15, 0.2) is 25.3 Å². The third kappa shape index (κ3) is 2.47. The van der Waals surface area contributed by atoms with Crippen LogP contribution < -0.4 is 0 Å². The van der Waals surface area contributed by atoms with Crippen molar-refractivity contribution in [2.45, 2.75) is 19.4 Å². The van der Waals surface area contributed by atoms with E-state index in [2.05, 4.69) is 13.2 Å². The quantitative estimate of drug-likeness (QED) is 0.524. The van der Waals surface area contributed by atoms with Crippen molar-refractivity contribution in [1.82, 2.24) is 0 Å². The van der Waals surface area contributed by atoms with E-state index in [1.165, 1.54) is 0 Å². The number of ether oxygens (including phenoxy) is 1. The molecule has 0 aliphatic rings. The highest BCUT2D eigenvalue weighted by atomic mass is 16.5. The highest BCUT2D eigenvalue weighted by molar-refractivity contribution is 5.06. The smallest absolute Gasteiger partial charge is 0.101 e. The van der Waals surface area contributed by atoms with E-state index in [0.29, 0.717) is 6.61 Å². The van der Waals surface area contributed by atoms with Crippen LogP contribution in [0.3, 0.4) is 0 Å². The van der Waals surface area contributed by atoms with Crippen LogP contribution in [-0.2, 0) is 4.74 Å². The first-order chi connectivity index (χ1) is 4.18. The maximum Gasteiger partial charge on any atom is 0.101 e. The van der Waals surface area contributed by atoms with E-state index < -0.39 is 0 Å². The van der Waals surface area contributed by atoms with Gasteiger partial charge in [0.05, 0.1) is 0 Å². The van der Waals surface area contributed by atoms with Crippen LogP contribution in [0.4, 0.5) is 0 Å². The minimum atomic E-state index is -0.339. The van der Waals surface area contributed by atoms with E-state index in [9.17, 15) is 0 Å². The topological polar surface area (TPSA) is 9.23 Å². The minimum absolute atomic E-state index is 0.339. The summed E-state index contributed by atoms with van der Waals surface area (Å²) in [4.78, 5) is 0. The van der Waals surface area contributed by atoms with Crippen molar-refractivity contribution in [2.24, 2.45) is 0 Å². The molecule has 0 amide bonds. The maximum atomic E-state index is 5.29. The van der Waals surface area contributed by atoms with E-state index in [1.807, 2.05) is 13.8 Å². The van der Waals surface area contributed by atoms with Crippen molar-refractivity contribution in [2.75, 3.05) is 6.61 Å². The highest BCUT2D eigenvalue weighted by Crippen LogP contribution is 2.11. The Hall–Kier alpha value is -0.560. The summed E-state index contributed by atoms with van der Waals surface area (Å²) in [6, 6.07) is 0. The Kier molecular flexibility index (Phi) is 3.25. The molecule has 0 aliphatic carbocycles. The Morgan fingerprint density at radius 1 is 1.44 bits per heavy atom. The number of hydrogen-bond donors (Lipinski definition) is 0. The monoisotopic (exact) mass is 126 g/mol. The minimum Gasteiger partial charge on any atom is -0.367 e. The second kappa shape index (κ2) is 3.46. The van der Waals surface area contributed by atoms with E-state index in [0.717, 1.165) is 0 Å². The molecule has 0 aromatic rings. The maximum absolute atomic E-state index is 5.29. The average molecular weight is 126 g/mol. The zero-order valence-electron chi connectivity index (χ0n) is 6.18. The largest absolute Gasteiger partial charge is 0.367 e. The molecule has 0 atom stereocenters. The Balaban J connectivity index is 3.91. The normalized spacial score (nSPS) is 10.9. The first-order valence-corrected chi connectivity index (χ1v) is 3.09. The molecular formula is C8H14O. The van der Waals surface area contributed by atoms with Crippen LogP contribution in [0.25, 0.3) is 0 Å². The molecule has 0 spiro atoms. The highest BCUT2D eigenvalue weighted by Gasteiger charge is 2.13. The first kappa shape index (κ1) is 8.44. The van der Waals surface area contributed by atoms with Gasteiger partial charge in [0.1, 0.15) is 5.60 Å². The van der Waals surface area contributed by atoms with Gasteiger partial charge in [-0.3, -0.25) is 0 Å². The van der Waals surface area contributed by atoms with Gasteiger partial charge in [-0.05, 0) is 13.8 Å². The van der Waals surface area contributed by atoms with Gasteiger partial charge in [0.15, 0.2) is 0 Å². The van der Waals surface area contributed by atoms with Crippen molar-refractivity contribution >= 4 is 0 Å². The second-order valence-corrected chi connectivity index (χ2v) is 2.03. The van der Waals surface area contributed by atoms with E-state index in [4.69, 9.17) is 4.74 Å². The molecule has 0 N–H and O–H groups in total. The third-order valence-corrected chi connectivity index (χ3v) is 1.27. The molecule has 0 radical (unpaired) electrons. The van der Waals surface area contributed by atoms with Gasteiger partial charge in [-0.15, -0.1) is 0 Å². The molecule has 0 fully saturated rings. The lowest BCUT2D eigenvalue weighted by Crippen LogP contribution is -2.21. The van der Waals surface area contributed by atoms with Gasteiger partial charge in [-0.25, -0.2) is 0 Å². The molecule has 0 heterocycles. The third-order valence-electron chi connectivity index (χ3n) is 1.27. The van der Waals surface area contributed by atoms with Gasteiger partial charge in [0.2, 0.25) is 0 Å². The van der Waals surface area contributed by atoms with E-state index in [1.54, 1.807) is 12.2 Å². The van der Waals surface area contributed by atoms with Gasteiger partial charge in [0, 0.05) is 6.61 Å². The Morgan fingerprint density at radius 2 is 1.89 bits per heavy atom. The lowest BCUT2D eigenvalue weighted by atomic mass is 10.1. The Labute approximate surface area is 57.0 Å². The van der Waals surface area contributed by atoms with Gasteiger partial charge < -0.3 is 4.74 Å². The summed E-state index contributed by atoms with van der Waals surface area (Å²) in [5, 5.41) is 0. The molecular weight excluding hydrogens is 112 g/mol. The molecule has 0 rings (SSSR count). The predicted molar refractivity (Wildman–Crippen MR) is 40.4 cm³/mol. The molecule has 9 heavy (non-hydrogen) atoms. The van der Waals surface area contributed by atoms with Crippen LogP contribution in [0.2, 0.25) is 0 Å². The second-order valence-electron chi connectivity index (χ2n) is 2.03. The van der Waals surface area contributed by atoms with E-state index in [-0.39, 0.29) is 5.60 Å². The molecule has 0 saturated heterocycles. The fourth-order valence-corrected chi connectivity index (χ4v) is 0.512. The summed E-state index contributed by atoms with van der Waals surface area (Å²) in [5.41, 5.74) is -0.339. The zero-order chi connectivity index (χ0) is 7.33. The fraction of sp³-hybridized carbons (Fsp3) is 0.500. The molecule has 1 nitrogen and oxygen atoms in total. The first-order valence-electron chi connectivity index (χ1n) is 3.09. The fourth-order valence-electron chi connectivity index (χ4n) is 0.512. The molecule has 0 aliphatic heterocycles. The van der Waals surface area contributed by atoms with Crippen LogP contribution in [0.1, 0.15) is 13.8 Å². The lowest BCUT2D eigenvalue weighted by Gasteiger charge is -2.20. The summed E-state index contributed by atoms with van der Waals surface area (Å²) >= 11 is 0. The van der Waals surface area contributed by atoms with Crippen LogP contribution in [0.5, 0.6) is 0 Å². The average Bonchev–Trinajstić information content (AvgIpc) is 1.89. The van der Waals surface area contributed by atoms with E-state index >= 15 is 0 Å². The predicted octanol–water partition coefficient (Wildman–Crippen LogP) is 2.15.